The Hall–Kier alpha value is -3.07. The minimum absolute atomic E-state index is 0.136. The number of aryl methyl sites for hydroxylation is 2. The molecule has 0 saturated heterocycles. The molecule has 3 nitrogen and oxygen atoms in total. The van der Waals surface area contributed by atoms with Crippen molar-refractivity contribution < 1.29 is 9.53 Å². The summed E-state index contributed by atoms with van der Waals surface area (Å²) in [5.41, 5.74) is 3.63. The Kier molecular flexibility index (Phi) is 4.62. The molecule has 0 heterocycles. The van der Waals surface area contributed by atoms with Crippen LogP contribution in [0.25, 0.3) is 0 Å². The number of ether oxygens (including phenoxy) is 1. The van der Waals surface area contributed by atoms with Crippen LogP contribution in [0.1, 0.15) is 21.5 Å². The number of nitrogens with one attached hydrogen (secondary N) is 1. The minimum atomic E-state index is -0.136. The molecular formula is C21H19NO2. The third-order valence-electron chi connectivity index (χ3n) is 3.62. The highest BCUT2D eigenvalue weighted by atomic mass is 16.5. The van der Waals surface area contributed by atoms with E-state index in [2.05, 4.69) is 5.32 Å². The second-order valence-corrected chi connectivity index (χ2v) is 5.77. The summed E-state index contributed by atoms with van der Waals surface area (Å²) in [4.78, 5) is 12.3. The van der Waals surface area contributed by atoms with Crippen molar-refractivity contribution in [1.29, 1.82) is 0 Å². The second-order valence-electron chi connectivity index (χ2n) is 5.77. The lowest BCUT2D eigenvalue weighted by atomic mass is 10.2. The van der Waals surface area contributed by atoms with E-state index in [9.17, 15) is 4.79 Å². The molecule has 120 valence electrons. The summed E-state index contributed by atoms with van der Waals surface area (Å²) < 4.78 is 5.80. The Labute approximate surface area is 141 Å². The summed E-state index contributed by atoms with van der Waals surface area (Å²) in [6, 6.07) is 22.7. The average molecular weight is 317 g/mol. The molecule has 0 saturated carbocycles. The number of amides is 1. The van der Waals surface area contributed by atoms with Gasteiger partial charge in [-0.15, -0.1) is 0 Å². The van der Waals surface area contributed by atoms with Crippen LogP contribution in [0.5, 0.6) is 11.5 Å². The van der Waals surface area contributed by atoms with Gasteiger partial charge in [0.1, 0.15) is 11.5 Å². The van der Waals surface area contributed by atoms with Crippen LogP contribution in [0, 0.1) is 13.8 Å². The topological polar surface area (TPSA) is 38.3 Å². The number of benzene rings is 3. The zero-order valence-electron chi connectivity index (χ0n) is 13.7. The zero-order valence-corrected chi connectivity index (χ0v) is 13.7. The fourth-order valence-corrected chi connectivity index (χ4v) is 2.42. The van der Waals surface area contributed by atoms with Gasteiger partial charge < -0.3 is 10.1 Å². The quantitative estimate of drug-likeness (QED) is 0.704. The average Bonchev–Trinajstić information content (AvgIpc) is 2.55. The fourth-order valence-electron chi connectivity index (χ4n) is 2.42. The summed E-state index contributed by atoms with van der Waals surface area (Å²) in [5, 5.41) is 2.90. The lowest BCUT2D eigenvalue weighted by Gasteiger charge is -2.08. The van der Waals surface area contributed by atoms with E-state index in [4.69, 9.17) is 4.74 Å². The van der Waals surface area contributed by atoms with E-state index in [0.29, 0.717) is 11.3 Å². The maximum absolute atomic E-state index is 12.3. The summed E-state index contributed by atoms with van der Waals surface area (Å²) >= 11 is 0. The first-order valence-corrected chi connectivity index (χ1v) is 7.83. The van der Waals surface area contributed by atoms with Crippen LogP contribution in [-0.2, 0) is 0 Å². The molecule has 0 aliphatic rings. The molecular weight excluding hydrogens is 298 g/mol. The largest absolute Gasteiger partial charge is 0.457 e. The maximum Gasteiger partial charge on any atom is 0.255 e. The van der Waals surface area contributed by atoms with E-state index in [-0.39, 0.29) is 5.91 Å². The molecule has 0 bridgehead atoms. The minimum Gasteiger partial charge on any atom is -0.457 e. The first kappa shape index (κ1) is 15.8. The fraction of sp³-hybridized carbons (Fsp3) is 0.0952. The van der Waals surface area contributed by atoms with E-state index in [1.54, 1.807) is 24.3 Å². The maximum atomic E-state index is 12.3. The van der Waals surface area contributed by atoms with Crippen molar-refractivity contribution >= 4 is 11.6 Å². The van der Waals surface area contributed by atoms with Crippen LogP contribution in [0.15, 0.2) is 72.8 Å². The summed E-state index contributed by atoms with van der Waals surface area (Å²) in [6.07, 6.45) is 0. The van der Waals surface area contributed by atoms with E-state index in [1.807, 2.05) is 62.4 Å². The number of carbonyl (C=O) groups is 1. The highest BCUT2D eigenvalue weighted by Gasteiger charge is 2.07. The van der Waals surface area contributed by atoms with Gasteiger partial charge in [-0.3, -0.25) is 4.79 Å². The van der Waals surface area contributed by atoms with Crippen molar-refractivity contribution in [3.05, 3.63) is 89.5 Å². The van der Waals surface area contributed by atoms with Gasteiger partial charge in [0.15, 0.2) is 0 Å². The first-order chi connectivity index (χ1) is 11.6. The molecule has 0 aliphatic heterocycles. The summed E-state index contributed by atoms with van der Waals surface area (Å²) in [5.74, 6) is 1.35. The smallest absolute Gasteiger partial charge is 0.255 e. The Morgan fingerprint density at radius 3 is 2.12 bits per heavy atom. The van der Waals surface area contributed by atoms with Crippen LogP contribution in [0.2, 0.25) is 0 Å². The number of hydrogen-bond acceptors (Lipinski definition) is 2. The number of carbonyl (C=O) groups excluding carboxylic acids is 1. The molecule has 0 atom stereocenters. The van der Waals surface area contributed by atoms with Gasteiger partial charge in [0.2, 0.25) is 0 Å². The van der Waals surface area contributed by atoms with Gasteiger partial charge in [0.05, 0.1) is 0 Å². The number of anilines is 1. The van der Waals surface area contributed by atoms with Gasteiger partial charge in [0.25, 0.3) is 5.91 Å². The normalized spacial score (nSPS) is 10.2. The molecule has 3 rings (SSSR count). The molecule has 0 spiro atoms. The number of hydrogen-bond donors (Lipinski definition) is 1. The second kappa shape index (κ2) is 7.01. The molecule has 0 aliphatic carbocycles. The van der Waals surface area contributed by atoms with Gasteiger partial charge in [-0.1, -0.05) is 24.3 Å². The highest BCUT2D eigenvalue weighted by Crippen LogP contribution is 2.22. The van der Waals surface area contributed by atoms with Crippen LogP contribution in [0.3, 0.4) is 0 Å². The molecule has 0 radical (unpaired) electrons. The summed E-state index contributed by atoms with van der Waals surface area (Å²) in [6.45, 7) is 4.01. The molecule has 1 amide bonds. The van der Waals surface area contributed by atoms with Crippen molar-refractivity contribution in [3.8, 4) is 11.5 Å². The molecule has 24 heavy (non-hydrogen) atoms. The van der Waals surface area contributed by atoms with Gasteiger partial charge >= 0.3 is 0 Å². The molecule has 0 aromatic heterocycles. The molecule has 0 unspecified atom stereocenters. The third kappa shape index (κ3) is 4.02. The Bertz CT molecular complexity index is 854. The molecule has 3 heteroatoms. The first-order valence-electron chi connectivity index (χ1n) is 7.83. The third-order valence-corrected chi connectivity index (χ3v) is 3.62. The Morgan fingerprint density at radius 1 is 0.792 bits per heavy atom. The lowest BCUT2D eigenvalue weighted by molar-refractivity contribution is 0.102. The molecule has 1 N–H and O–H groups in total. The SMILES string of the molecule is Cc1cccc(NC(=O)c2ccc(Oc3cccc(C)c3)cc2)c1. The van der Waals surface area contributed by atoms with E-state index in [0.717, 1.165) is 22.6 Å². The Morgan fingerprint density at radius 2 is 1.46 bits per heavy atom. The van der Waals surface area contributed by atoms with Crippen molar-refractivity contribution in [2.24, 2.45) is 0 Å². The van der Waals surface area contributed by atoms with Crippen molar-refractivity contribution in [1.82, 2.24) is 0 Å². The summed E-state index contributed by atoms with van der Waals surface area (Å²) in [7, 11) is 0. The van der Waals surface area contributed by atoms with Gasteiger partial charge in [0, 0.05) is 11.3 Å². The lowest BCUT2D eigenvalue weighted by Crippen LogP contribution is -2.11. The van der Waals surface area contributed by atoms with Crippen molar-refractivity contribution in [3.63, 3.8) is 0 Å². The predicted octanol–water partition coefficient (Wildman–Crippen LogP) is 5.35. The monoisotopic (exact) mass is 317 g/mol. The molecule has 3 aromatic rings. The number of rotatable bonds is 4. The van der Waals surface area contributed by atoms with E-state index < -0.39 is 0 Å². The van der Waals surface area contributed by atoms with Crippen LogP contribution in [0.4, 0.5) is 5.69 Å². The standard InChI is InChI=1S/C21H19NO2/c1-15-5-3-7-18(13-15)22-21(23)17-9-11-19(12-10-17)24-20-8-4-6-16(2)14-20/h3-14H,1-2H3,(H,22,23). The van der Waals surface area contributed by atoms with Crippen LogP contribution >= 0.6 is 0 Å². The molecule has 0 fully saturated rings. The van der Waals surface area contributed by atoms with Gasteiger partial charge in [-0.25, -0.2) is 0 Å². The predicted molar refractivity (Wildman–Crippen MR) is 96.8 cm³/mol. The van der Waals surface area contributed by atoms with E-state index in [1.165, 1.54) is 0 Å². The van der Waals surface area contributed by atoms with Gasteiger partial charge in [-0.2, -0.15) is 0 Å². The van der Waals surface area contributed by atoms with Crippen molar-refractivity contribution in [2.75, 3.05) is 5.32 Å². The Balaban J connectivity index is 1.68. The van der Waals surface area contributed by atoms with Crippen LogP contribution < -0.4 is 10.1 Å². The molecule has 3 aromatic carbocycles. The highest BCUT2D eigenvalue weighted by molar-refractivity contribution is 6.04. The van der Waals surface area contributed by atoms with Crippen molar-refractivity contribution in [2.45, 2.75) is 13.8 Å². The van der Waals surface area contributed by atoms with E-state index >= 15 is 0 Å². The van der Waals surface area contributed by atoms with Crippen LogP contribution in [-0.4, -0.2) is 5.91 Å². The van der Waals surface area contributed by atoms with Gasteiger partial charge in [-0.05, 0) is 73.5 Å². The zero-order chi connectivity index (χ0) is 16.9.